The molecule has 0 saturated carbocycles. The average Bonchev–Trinajstić information content (AvgIpc) is 3.36. The largest absolute Gasteiger partial charge is 0.421 e. The summed E-state index contributed by atoms with van der Waals surface area (Å²) in [4.78, 5) is 8.95. The zero-order valence-electron chi connectivity index (χ0n) is 14.7. The summed E-state index contributed by atoms with van der Waals surface area (Å²) in [7, 11) is 3.97. The Kier molecular flexibility index (Phi) is 4.96. The summed E-state index contributed by atoms with van der Waals surface area (Å²) in [6.45, 7) is 2.49. The van der Waals surface area contributed by atoms with Crippen LogP contribution in [0.5, 0.6) is 0 Å². The third-order valence-electron chi connectivity index (χ3n) is 4.74. The first-order valence-corrected chi connectivity index (χ1v) is 9.67. The number of hydrogen-bond donors (Lipinski definition) is 0. The van der Waals surface area contributed by atoms with Crippen LogP contribution in [0.1, 0.15) is 61.9 Å². The third kappa shape index (κ3) is 3.68. The molecule has 0 spiro atoms. The highest BCUT2D eigenvalue weighted by molar-refractivity contribution is 7.09. The highest BCUT2D eigenvalue weighted by Crippen LogP contribution is 2.34. The first kappa shape index (κ1) is 16.9. The van der Waals surface area contributed by atoms with Gasteiger partial charge in [-0.3, -0.25) is 4.90 Å². The maximum Gasteiger partial charge on any atom is 0.245 e. The molecule has 25 heavy (non-hydrogen) atoms. The number of anilines is 1. The molecular weight excluding hydrogens is 340 g/mol. The average molecular weight is 364 g/mol. The standard InChI is InChI=1S/C16H24N6O2S/c1-21(2)16-17-13(20-25-16)10-22-8-4-3-6-11(22)14-18-19-15(24-14)12-7-5-9-23-12/h11-12H,3-10H2,1-2H3/t11-,12-/m1/s1. The molecule has 0 radical (unpaired) electrons. The molecule has 2 aromatic rings. The van der Waals surface area contributed by atoms with E-state index in [0.717, 1.165) is 43.4 Å². The van der Waals surface area contributed by atoms with E-state index in [1.807, 2.05) is 19.0 Å². The number of aromatic nitrogens is 4. The molecule has 8 nitrogen and oxygen atoms in total. The Morgan fingerprint density at radius 1 is 1.16 bits per heavy atom. The number of likely N-dealkylation sites (tertiary alicyclic amines) is 1. The predicted molar refractivity (Wildman–Crippen MR) is 93.5 cm³/mol. The molecule has 2 aliphatic heterocycles. The lowest BCUT2D eigenvalue weighted by Gasteiger charge is -2.32. The van der Waals surface area contributed by atoms with Gasteiger partial charge in [-0.2, -0.15) is 4.37 Å². The quantitative estimate of drug-likeness (QED) is 0.801. The lowest BCUT2D eigenvalue weighted by atomic mass is 10.0. The van der Waals surface area contributed by atoms with Crippen molar-refractivity contribution in [1.29, 1.82) is 0 Å². The summed E-state index contributed by atoms with van der Waals surface area (Å²) in [6, 6.07) is 0.141. The van der Waals surface area contributed by atoms with Gasteiger partial charge in [0, 0.05) is 32.2 Å². The van der Waals surface area contributed by atoms with Crippen molar-refractivity contribution in [3.05, 3.63) is 17.6 Å². The lowest BCUT2D eigenvalue weighted by molar-refractivity contribution is 0.0790. The normalized spacial score (nSPS) is 24.7. The second-order valence-electron chi connectivity index (χ2n) is 6.85. The van der Waals surface area contributed by atoms with E-state index in [-0.39, 0.29) is 12.1 Å². The van der Waals surface area contributed by atoms with Crippen molar-refractivity contribution in [2.24, 2.45) is 0 Å². The summed E-state index contributed by atoms with van der Waals surface area (Å²) in [6.07, 6.45) is 5.37. The number of ether oxygens (including phenoxy) is 1. The van der Waals surface area contributed by atoms with Gasteiger partial charge in [-0.25, -0.2) is 4.98 Å². The van der Waals surface area contributed by atoms with Crippen molar-refractivity contribution in [2.45, 2.75) is 50.8 Å². The van der Waals surface area contributed by atoms with E-state index >= 15 is 0 Å². The van der Waals surface area contributed by atoms with Gasteiger partial charge in [0.25, 0.3) is 0 Å². The Labute approximate surface area is 151 Å². The Morgan fingerprint density at radius 3 is 2.80 bits per heavy atom. The summed E-state index contributed by atoms with van der Waals surface area (Å²) < 4.78 is 16.1. The minimum Gasteiger partial charge on any atom is -0.421 e. The fraction of sp³-hybridized carbons (Fsp3) is 0.750. The van der Waals surface area contributed by atoms with Crippen LogP contribution in [-0.2, 0) is 11.3 Å². The topological polar surface area (TPSA) is 80.4 Å². The van der Waals surface area contributed by atoms with E-state index in [1.54, 1.807) is 0 Å². The van der Waals surface area contributed by atoms with Crippen molar-refractivity contribution >= 4 is 16.7 Å². The van der Waals surface area contributed by atoms with Crippen LogP contribution in [0.4, 0.5) is 5.13 Å². The molecule has 2 saturated heterocycles. The van der Waals surface area contributed by atoms with Crippen LogP contribution in [0.2, 0.25) is 0 Å². The summed E-state index contributed by atoms with van der Waals surface area (Å²) in [5.41, 5.74) is 0. The molecule has 2 fully saturated rings. The highest BCUT2D eigenvalue weighted by atomic mass is 32.1. The van der Waals surface area contributed by atoms with E-state index < -0.39 is 0 Å². The van der Waals surface area contributed by atoms with Crippen LogP contribution >= 0.6 is 11.5 Å². The van der Waals surface area contributed by atoms with Crippen molar-refractivity contribution in [1.82, 2.24) is 24.5 Å². The summed E-state index contributed by atoms with van der Waals surface area (Å²) in [5, 5.41) is 9.50. The van der Waals surface area contributed by atoms with E-state index in [1.165, 1.54) is 24.4 Å². The van der Waals surface area contributed by atoms with Gasteiger partial charge in [0.2, 0.25) is 16.9 Å². The summed E-state index contributed by atoms with van der Waals surface area (Å²) >= 11 is 1.43. The van der Waals surface area contributed by atoms with Gasteiger partial charge in [-0.05, 0) is 32.2 Å². The number of hydrogen-bond acceptors (Lipinski definition) is 9. The Bertz CT molecular complexity index is 696. The number of piperidine rings is 1. The minimum absolute atomic E-state index is 0.0267. The molecule has 2 aliphatic rings. The summed E-state index contributed by atoms with van der Waals surface area (Å²) in [5.74, 6) is 2.19. The molecule has 2 atom stereocenters. The third-order valence-corrected chi connectivity index (χ3v) is 5.67. The van der Waals surface area contributed by atoms with Gasteiger partial charge >= 0.3 is 0 Å². The number of nitrogens with zero attached hydrogens (tertiary/aromatic N) is 6. The highest BCUT2D eigenvalue weighted by Gasteiger charge is 2.31. The second-order valence-corrected chi connectivity index (χ2v) is 7.58. The molecule has 9 heteroatoms. The van der Waals surface area contributed by atoms with Gasteiger partial charge in [0.05, 0.1) is 12.6 Å². The molecule has 0 N–H and O–H groups in total. The van der Waals surface area contributed by atoms with Gasteiger partial charge in [0.15, 0.2) is 5.82 Å². The second kappa shape index (κ2) is 7.35. The predicted octanol–water partition coefficient (Wildman–Crippen LogP) is 2.57. The van der Waals surface area contributed by atoms with E-state index in [0.29, 0.717) is 18.3 Å². The van der Waals surface area contributed by atoms with E-state index in [9.17, 15) is 0 Å². The molecule has 0 unspecified atom stereocenters. The van der Waals surface area contributed by atoms with Gasteiger partial charge in [0.1, 0.15) is 6.10 Å². The first-order valence-electron chi connectivity index (χ1n) is 8.89. The molecule has 0 aliphatic carbocycles. The van der Waals surface area contributed by atoms with Crippen LogP contribution in [0.15, 0.2) is 4.42 Å². The molecule has 0 bridgehead atoms. The van der Waals surface area contributed by atoms with Gasteiger partial charge < -0.3 is 14.1 Å². The van der Waals surface area contributed by atoms with Crippen LogP contribution in [-0.4, -0.2) is 51.7 Å². The van der Waals surface area contributed by atoms with Crippen molar-refractivity contribution < 1.29 is 9.15 Å². The molecule has 136 valence electrons. The maximum atomic E-state index is 5.98. The van der Waals surface area contributed by atoms with Crippen LogP contribution < -0.4 is 4.90 Å². The van der Waals surface area contributed by atoms with Crippen molar-refractivity contribution in [2.75, 3.05) is 32.1 Å². The van der Waals surface area contributed by atoms with Crippen molar-refractivity contribution in [3.63, 3.8) is 0 Å². The zero-order valence-corrected chi connectivity index (χ0v) is 15.5. The fourth-order valence-electron chi connectivity index (χ4n) is 3.42. The Morgan fingerprint density at radius 2 is 2.04 bits per heavy atom. The molecule has 2 aromatic heterocycles. The molecule has 0 aromatic carbocycles. The SMILES string of the molecule is CN(C)c1nc(CN2CCCC[C@@H]2c2nnc([C@H]3CCCO3)o2)ns1. The molecule has 0 amide bonds. The zero-order chi connectivity index (χ0) is 17.2. The Hall–Kier alpha value is -1.58. The first-order chi connectivity index (χ1) is 12.2. The van der Waals surface area contributed by atoms with E-state index in [2.05, 4.69) is 24.5 Å². The molecule has 4 heterocycles. The van der Waals surface area contributed by atoms with Crippen molar-refractivity contribution in [3.8, 4) is 0 Å². The lowest BCUT2D eigenvalue weighted by Crippen LogP contribution is -2.33. The van der Waals surface area contributed by atoms with Gasteiger partial charge in [-0.15, -0.1) is 10.2 Å². The number of rotatable bonds is 5. The Balaban J connectivity index is 1.48. The van der Waals surface area contributed by atoms with Crippen LogP contribution in [0.3, 0.4) is 0 Å². The molecular formula is C16H24N6O2S. The monoisotopic (exact) mass is 364 g/mol. The van der Waals surface area contributed by atoms with Gasteiger partial charge in [-0.1, -0.05) is 6.42 Å². The smallest absolute Gasteiger partial charge is 0.245 e. The van der Waals surface area contributed by atoms with Crippen LogP contribution in [0.25, 0.3) is 0 Å². The fourth-order valence-corrected chi connectivity index (χ4v) is 4.01. The molecule has 4 rings (SSSR count). The van der Waals surface area contributed by atoms with E-state index in [4.69, 9.17) is 9.15 Å². The minimum atomic E-state index is -0.0267. The maximum absolute atomic E-state index is 5.98. The van der Waals surface area contributed by atoms with Crippen LogP contribution in [0, 0.1) is 0 Å².